The molecule has 1 atom stereocenters. The third kappa shape index (κ3) is 4.80. The number of hydrogen-bond acceptors (Lipinski definition) is 1. The maximum atomic E-state index is 5.73. The Bertz CT molecular complexity index is 323. The third-order valence-electron chi connectivity index (χ3n) is 2.81. The van der Waals surface area contributed by atoms with E-state index in [9.17, 15) is 0 Å². The van der Waals surface area contributed by atoms with Gasteiger partial charge in [0.05, 0.1) is 0 Å². The van der Waals surface area contributed by atoms with Gasteiger partial charge in [0.1, 0.15) is 0 Å². The summed E-state index contributed by atoms with van der Waals surface area (Å²) in [5.74, 6) is 2.73. The van der Waals surface area contributed by atoms with Crippen LogP contribution in [0.4, 0.5) is 0 Å². The summed E-state index contributed by atoms with van der Waals surface area (Å²) in [6.45, 7) is 6.62. The minimum Gasteiger partial charge on any atom is -0.127 e. The first-order chi connectivity index (χ1) is 7.63. The molecular weight excluding hydrogens is 236 g/mol. The van der Waals surface area contributed by atoms with E-state index in [1.54, 1.807) is 0 Å². The van der Waals surface area contributed by atoms with E-state index in [-0.39, 0.29) is 0 Å². The van der Waals surface area contributed by atoms with Crippen molar-refractivity contribution in [3.63, 3.8) is 0 Å². The predicted molar refractivity (Wildman–Crippen MR) is 75.8 cm³/mol. The van der Waals surface area contributed by atoms with Crippen LogP contribution in [0.1, 0.15) is 30.9 Å². The Morgan fingerprint density at radius 2 is 2.00 bits per heavy atom. The predicted octanol–water partition coefficient (Wildman–Crippen LogP) is 5.05. The number of halogens is 1. The van der Waals surface area contributed by atoms with Gasteiger partial charge in [0.25, 0.3) is 0 Å². The van der Waals surface area contributed by atoms with Crippen LogP contribution in [-0.4, -0.2) is 11.6 Å². The molecule has 1 rings (SSSR count). The standard InChI is InChI=1S/C14H21ClS/c1-11(6-8-15)7-9-16-14-10-12(2)4-5-13(14)3/h4-5,10-11H,6-9H2,1-3H3. The summed E-state index contributed by atoms with van der Waals surface area (Å²) >= 11 is 7.70. The lowest BCUT2D eigenvalue weighted by Crippen LogP contribution is -1.97. The van der Waals surface area contributed by atoms with E-state index in [0.717, 1.165) is 18.2 Å². The minimum absolute atomic E-state index is 0.745. The third-order valence-corrected chi connectivity index (χ3v) is 4.22. The number of rotatable bonds is 6. The molecule has 0 saturated carbocycles. The molecule has 16 heavy (non-hydrogen) atoms. The quantitative estimate of drug-likeness (QED) is 0.507. The van der Waals surface area contributed by atoms with E-state index in [2.05, 4.69) is 39.0 Å². The van der Waals surface area contributed by atoms with Crippen LogP contribution in [0.2, 0.25) is 0 Å². The summed E-state index contributed by atoms with van der Waals surface area (Å²) in [6.07, 6.45) is 2.39. The molecule has 0 saturated heterocycles. The molecule has 0 aliphatic heterocycles. The Balaban J connectivity index is 2.39. The molecule has 2 heteroatoms. The Labute approximate surface area is 109 Å². The highest BCUT2D eigenvalue weighted by atomic mass is 35.5. The Kier molecular flexibility index (Phi) is 6.30. The van der Waals surface area contributed by atoms with Gasteiger partial charge in [-0.25, -0.2) is 0 Å². The summed E-state index contributed by atoms with van der Waals surface area (Å²) in [7, 11) is 0. The van der Waals surface area contributed by atoms with Crippen LogP contribution in [0, 0.1) is 19.8 Å². The zero-order valence-corrected chi connectivity index (χ0v) is 12.0. The second-order valence-electron chi connectivity index (χ2n) is 4.49. The van der Waals surface area contributed by atoms with E-state index in [1.165, 1.54) is 28.2 Å². The number of hydrogen-bond donors (Lipinski definition) is 0. The van der Waals surface area contributed by atoms with Crippen LogP contribution in [0.3, 0.4) is 0 Å². The molecular formula is C14H21ClS. The first kappa shape index (κ1) is 13.9. The molecule has 0 heterocycles. The Morgan fingerprint density at radius 1 is 1.25 bits per heavy atom. The van der Waals surface area contributed by atoms with Crippen molar-refractivity contribution in [1.82, 2.24) is 0 Å². The average molecular weight is 257 g/mol. The van der Waals surface area contributed by atoms with Gasteiger partial charge in [-0.1, -0.05) is 24.6 Å². The van der Waals surface area contributed by atoms with Crippen molar-refractivity contribution >= 4 is 23.4 Å². The Morgan fingerprint density at radius 3 is 2.69 bits per heavy atom. The first-order valence-corrected chi connectivity index (χ1v) is 7.41. The molecule has 0 nitrogen and oxygen atoms in total. The van der Waals surface area contributed by atoms with Crippen molar-refractivity contribution in [2.75, 3.05) is 11.6 Å². The van der Waals surface area contributed by atoms with E-state index in [4.69, 9.17) is 11.6 Å². The summed E-state index contributed by atoms with van der Waals surface area (Å²) in [6, 6.07) is 6.67. The van der Waals surface area contributed by atoms with Gasteiger partial charge in [0, 0.05) is 10.8 Å². The summed E-state index contributed by atoms with van der Waals surface area (Å²) in [5.41, 5.74) is 2.74. The largest absolute Gasteiger partial charge is 0.127 e. The maximum Gasteiger partial charge on any atom is 0.0225 e. The van der Waals surface area contributed by atoms with Crippen LogP contribution in [0.5, 0.6) is 0 Å². The SMILES string of the molecule is Cc1ccc(C)c(SCCC(C)CCCl)c1. The molecule has 1 unspecified atom stereocenters. The molecule has 0 fully saturated rings. The lowest BCUT2D eigenvalue weighted by molar-refractivity contribution is 0.552. The number of alkyl halides is 1. The highest BCUT2D eigenvalue weighted by Crippen LogP contribution is 2.25. The molecule has 0 N–H and O–H groups in total. The van der Waals surface area contributed by atoms with Gasteiger partial charge >= 0.3 is 0 Å². The second kappa shape index (κ2) is 7.24. The highest BCUT2D eigenvalue weighted by Gasteiger charge is 2.03. The first-order valence-electron chi connectivity index (χ1n) is 5.89. The van der Waals surface area contributed by atoms with Crippen LogP contribution in [0.25, 0.3) is 0 Å². The Hall–Kier alpha value is -0.140. The van der Waals surface area contributed by atoms with E-state index < -0.39 is 0 Å². The van der Waals surface area contributed by atoms with Crippen molar-refractivity contribution in [3.8, 4) is 0 Å². The average Bonchev–Trinajstić information content (AvgIpc) is 2.23. The van der Waals surface area contributed by atoms with E-state index in [0.29, 0.717) is 0 Å². The fourth-order valence-electron chi connectivity index (χ4n) is 1.56. The minimum atomic E-state index is 0.745. The van der Waals surface area contributed by atoms with Gasteiger partial charge in [0.15, 0.2) is 0 Å². The fourth-order valence-corrected chi connectivity index (χ4v) is 3.24. The lowest BCUT2D eigenvalue weighted by atomic mass is 10.1. The van der Waals surface area contributed by atoms with Crippen molar-refractivity contribution in [1.29, 1.82) is 0 Å². The van der Waals surface area contributed by atoms with Crippen LogP contribution < -0.4 is 0 Å². The molecule has 0 bridgehead atoms. The molecule has 90 valence electrons. The van der Waals surface area contributed by atoms with E-state index in [1.807, 2.05) is 11.8 Å². The summed E-state index contributed by atoms with van der Waals surface area (Å²) in [4.78, 5) is 1.43. The van der Waals surface area contributed by atoms with Crippen molar-refractivity contribution < 1.29 is 0 Å². The molecule has 0 aliphatic carbocycles. The topological polar surface area (TPSA) is 0 Å². The zero-order valence-electron chi connectivity index (χ0n) is 10.4. The molecule has 0 aliphatic rings. The van der Waals surface area contributed by atoms with Gasteiger partial charge in [0.2, 0.25) is 0 Å². The summed E-state index contributed by atoms with van der Waals surface area (Å²) in [5, 5.41) is 0. The fraction of sp³-hybridized carbons (Fsp3) is 0.571. The zero-order chi connectivity index (χ0) is 12.0. The normalized spacial score (nSPS) is 12.8. The monoisotopic (exact) mass is 256 g/mol. The molecule has 1 aromatic carbocycles. The van der Waals surface area contributed by atoms with Gasteiger partial charge < -0.3 is 0 Å². The van der Waals surface area contributed by atoms with Crippen molar-refractivity contribution in [2.45, 2.75) is 38.5 Å². The molecule has 0 aromatic heterocycles. The number of benzene rings is 1. The molecule has 0 spiro atoms. The van der Waals surface area contributed by atoms with Gasteiger partial charge in [-0.3, -0.25) is 0 Å². The molecule has 1 aromatic rings. The van der Waals surface area contributed by atoms with Crippen LogP contribution in [0.15, 0.2) is 23.1 Å². The van der Waals surface area contributed by atoms with Crippen LogP contribution >= 0.6 is 23.4 Å². The van der Waals surface area contributed by atoms with Gasteiger partial charge in [-0.2, -0.15) is 0 Å². The molecule has 0 radical (unpaired) electrons. The van der Waals surface area contributed by atoms with Crippen LogP contribution in [-0.2, 0) is 0 Å². The summed E-state index contributed by atoms with van der Waals surface area (Å²) < 4.78 is 0. The second-order valence-corrected chi connectivity index (χ2v) is 6.00. The van der Waals surface area contributed by atoms with Crippen molar-refractivity contribution in [2.24, 2.45) is 5.92 Å². The smallest absolute Gasteiger partial charge is 0.0225 e. The maximum absolute atomic E-state index is 5.73. The number of thioether (sulfide) groups is 1. The van der Waals surface area contributed by atoms with Crippen molar-refractivity contribution in [3.05, 3.63) is 29.3 Å². The highest BCUT2D eigenvalue weighted by molar-refractivity contribution is 7.99. The molecule has 0 amide bonds. The van der Waals surface area contributed by atoms with E-state index >= 15 is 0 Å². The van der Waals surface area contributed by atoms with Gasteiger partial charge in [-0.05, 0) is 50.0 Å². The van der Waals surface area contributed by atoms with Gasteiger partial charge in [-0.15, -0.1) is 23.4 Å². The number of aryl methyl sites for hydroxylation is 2. The lowest BCUT2D eigenvalue weighted by Gasteiger charge is -2.10.